The van der Waals surface area contributed by atoms with Crippen molar-refractivity contribution in [3.05, 3.63) is 17.3 Å². The third kappa shape index (κ3) is 3.64. The number of aliphatic hydroxyl groups excluding tert-OH is 1. The highest BCUT2D eigenvalue weighted by Gasteiger charge is 2.23. The Morgan fingerprint density at radius 3 is 2.47 bits per heavy atom. The Labute approximate surface area is 94.7 Å². The maximum Gasteiger partial charge on any atom is 0.151 e. The van der Waals surface area contributed by atoms with Gasteiger partial charge in [0.05, 0.1) is 12.6 Å². The lowest BCUT2D eigenvalue weighted by Crippen LogP contribution is -2.37. The average molecular weight is 230 g/mol. The third-order valence-corrected chi connectivity index (χ3v) is 2.38. The molecule has 1 aromatic heterocycles. The summed E-state index contributed by atoms with van der Waals surface area (Å²) < 4.78 is 0. The van der Waals surface area contributed by atoms with Gasteiger partial charge in [-0.25, -0.2) is 0 Å². The van der Waals surface area contributed by atoms with Crippen LogP contribution in [0.25, 0.3) is 0 Å². The molecule has 0 spiro atoms. The third-order valence-electron chi connectivity index (χ3n) is 2.18. The number of rotatable bonds is 3. The maximum atomic E-state index is 9.24. The fourth-order valence-corrected chi connectivity index (χ4v) is 1.21. The van der Waals surface area contributed by atoms with Crippen molar-refractivity contribution in [3.63, 3.8) is 0 Å². The molecular weight excluding hydrogens is 214 g/mol. The van der Waals surface area contributed by atoms with Gasteiger partial charge in [0.1, 0.15) is 5.82 Å². The number of hydrogen-bond acceptors (Lipinski definition) is 4. The van der Waals surface area contributed by atoms with Gasteiger partial charge in [0.25, 0.3) is 0 Å². The van der Waals surface area contributed by atoms with E-state index >= 15 is 0 Å². The molecule has 5 heteroatoms. The second kappa shape index (κ2) is 4.77. The Hall–Kier alpha value is -0.870. The van der Waals surface area contributed by atoms with Crippen molar-refractivity contribution in [2.45, 2.75) is 26.8 Å². The van der Waals surface area contributed by atoms with Crippen molar-refractivity contribution in [1.82, 2.24) is 10.2 Å². The van der Waals surface area contributed by atoms with Crippen LogP contribution >= 0.6 is 11.6 Å². The van der Waals surface area contributed by atoms with Gasteiger partial charge in [0.2, 0.25) is 0 Å². The number of anilines is 1. The van der Waals surface area contributed by atoms with Gasteiger partial charge in [0, 0.05) is 0 Å². The number of aromatic nitrogens is 2. The highest BCUT2D eigenvalue weighted by molar-refractivity contribution is 6.29. The van der Waals surface area contributed by atoms with Crippen LogP contribution < -0.4 is 5.32 Å². The Morgan fingerprint density at radius 1 is 1.40 bits per heavy atom. The zero-order valence-corrected chi connectivity index (χ0v) is 9.91. The molecule has 0 saturated heterocycles. The van der Waals surface area contributed by atoms with Crippen LogP contribution in [0.3, 0.4) is 0 Å². The molecule has 0 amide bonds. The highest BCUT2D eigenvalue weighted by atomic mass is 35.5. The first-order chi connectivity index (χ1) is 6.93. The lowest BCUT2D eigenvalue weighted by Gasteiger charge is -2.30. The second-order valence-electron chi connectivity index (χ2n) is 4.49. The van der Waals surface area contributed by atoms with Crippen LogP contribution in [0.5, 0.6) is 0 Å². The standard InChI is InChI=1S/C10H16ClN3O/c1-10(2,3)7(6-15)12-9-5-4-8(11)13-14-9/h4-5,7,15H,6H2,1-3H3,(H,12,14). The van der Waals surface area contributed by atoms with Crippen LogP contribution in [0.1, 0.15) is 20.8 Å². The first-order valence-electron chi connectivity index (χ1n) is 4.80. The average Bonchev–Trinajstić information content (AvgIpc) is 2.15. The molecule has 1 atom stereocenters. The van der Waals surface area contributed by atoms with Gasteiger partial charge in [-0.15, -0.1) is 10.2 Å². The van der Waals surface area contributed by atoms with Gasteiger partial charge in [-0.3, -0.25) is 0 Å². The number of halogens is 1. The molecule has 84 valence electrons. The molecule has 0 aliphatic heterocycles. The maximum absolute atomic E-state index is 9.24. The predicted molar refractivity (Wildman–Crippen MR) is 61.0 cm³/mol. The van der Waals surface area contributed by atoms with Gasteiger partial charge < -0.3 is 10.4 Å². The van der Waals surface area contributed by atoms with Crippen molar-refractivity contribution in [2.24, 2.45) is 5.41 Å². The smallest absolute Gasteiger partial charge is 0.151 e. The van der Waals surface area contributed by atoms with E-state index in [-0.39, 0.29) is 18.1 Å². The molecule has 1 heterocycles. The monoisotopic (exact) mass is 229 g/mol. The van der Waals surface area contributed by atoms with Crippen LogP contribution in [-0.2, 0) is 0 Å². The molecule has 0 radical (unpaired) electrons. The van der Waals surface area contributed by atoms with Crippen molar-refractivity contribution in [3.8, 4) is 0 Å². The topological polar surface area (TPSA) is 58.0 Å². The number of nitrogens with one attached hydrogen (secondary N) is 1. The minimum absolute atomic E-state index is 0.0456. The van der Waals surface area contributed by atoms with Crippen molar-refractivity contribution < 1.29 is 5.11 Å². The summed E-state index contributed by atoms with van der Waals surface area (Å²) in [5.41, 5.74) is -0.0456. The number of hydrogen-bond donors (Lipinski definition) is 2. The van der Waals surface area contributed by atoms with E-state index < -0.39 is 0 Å². The van der Waals surface area contributed by atoms with Gasteiger partial charge in [-0.2, -0.15) is 0 Å². The molecule has 0 bridgehead atoms. The van der Waals surface area contributed by atoms with Gasteiger partial charge >= 0.3 is 0 Å². The largest absolute Gasteiger partial charge is 0.394 e. The lowest BCUT2D eigenvalue weighted by atomic mass is 9.87. The van der Waals surface area contributed by atoms with E-state index in [0.717, 1.165) is 0 Å². The van der Waals surface area contributed by atoms with Gasteiger partial charge in [0.15, 0.2) is 5.15 Å². The Kier molecular flexibility index (Phi) is 3.88. The predicted octanol–water partition coefficient (Wildman–Crippen LogP) is 1.95. The normalized spacial score (nSPS) is 13.7. The molecule has 2 N–H and O–H groups in total. The first-order valence-corrected chi connectivity index (χ1v) is 5.18. The lowest BCUT2D eigenvalue weighted by molar-refractivity contribution is 0.201. The highest BCUT2D eigenvalue weighted by Crippen LogP contribution is 2.22. The quantitative estimate of drug-likeness (QED) is 0.832. The summed E-state index contributed by atoms with van der Waals surface area (Å²) in [6, 6.07) is 3.34. The number of aliphatic hydroxyl groups is 1. The van der Waals surface area contributed by atoms with E-state index in [1.165, 1.54) is 0 Å². The minimum Gasteiger partial charge on any atom is -0.394 e. The molecule has 1 unspecified atom stereocenters. The summed E-state index contributed by atoms with van der Waals surface area (Å²) >= 11 is 5.62. The van der Waals surface area contributed by atoms with E-state index in [1.807, 2.05) is 20.8 Å². The van der Waals surface area contributed by atoms with Crippen LogP contribution in [0.2, 0.25) is 5.15 Å². The summed E-state index contributed by atoms with van der Waals surface area (Å²) in [6.07, 6.45) is 0. The summed E-state index contributed by atoms with van der Waals surface area (Å²) in [4.78, 5) is 0. The molecular formula is C10H16ClN3O. The van der Waals surface area contributed by atoms with E-state index in [4.69, 9.17) is 11.6 Å². The zero-order valence-electron chi connectivity index (χ0n) is 9.16. The van der Waals surface area contributed by atoms with E-state index in [9.17, 15) is 5.11 Å². The SMILES string of the molecule is CC(C)(C)C(CO)Nc1ccc(Cl)nn1. The molecule has 1 aromatic rings. The fraction of sp³-hybridized carbons (Fsp3) is 0.600. The van der Waals surface area contributed by atoms with Crippen molar-refractivity contribution >= 4 is 17.4 Å². The molecule has 0 aromatic carbocycles. The summed E-state index contributed by atoms with van der Waals surface area (Å²) in [5.74, 6) is 0.619. The Bertz CT molecular complexity index is 307. The van der Waals surface area contributed by atoms with E-state index in [0.29, 0.717) is 11.0 Å². The van der Waals surface area contributed by atoms with Crippen molar-refractivity contribution in [1.29, 1.82) is 0 Å². The summed E-state index contributed by atoms with van der Waals surface area (Å²) in [5, 5.41) is 20.3. The van der Waals surface area contributed by atoms with Gasteiger partial charge in [-0.05, 0) is 17.5 Å². The van der Waals surface area contributed by atoms with E-state index in [2.05, 4.69) is 15.5 Å². The van der Waals surface area contributed by atoms with Gasteiger partial charge in [-0.1, -0.05) is 32.4 Å². The molecule has 4 nitrogen and oxygen atoms in total. The van der Waals surface area contributed by atoms with Crippen LogP contribution in [-0.4, -0.2) is 28.0 Å². The number of nitrogens with zero attached hydrogens (tertiary/aromatic N) is 2. The second-order valence-corrected chi connectivity index (χ2v) is 4.87. The zero-order chi connectivity index (χ0) is 11.5. The Balaban J connectivity index is 2.71. The minimum atomic E-state index is -0.0621. The molecule has 1 rings (SSSR count). The van der Waals surface area contributed by atoms with E-state index in [1.54, 1.807) is 12.1 Å². The molecule has 0 fully saturated rings. The fourth-order valence-electron chi connectivity index (χ4n) is 1.11. The van der Waals surface area contributed by atoms with Crippen LogP contribution in [0, 0.1) is 5.41 Å². The Morgan fingerprint density at radius 2 is 2.07 bits per heavy atom. The molecule has 0 saturated carbocycles. The molecule has 15 heavy (non-hydrogen) atoms. The molecule has 0 aliphatic carbocycles. The summed E-state index contributed by atoms with van der Waals surface area (Å²) in [6.45, 7) is 6.19. The van der Waals surface area contributed by atoms with Crippen LogP contribution in [0.4, 0.5) is 5.82 Å². The van der Waals surface area contributed by atoms with Crippen LogP contribution in [0.15, 0.2) is 12.1 Å². The summed E-state index contributed by atoms with van der Waals surface area (Å²) in [7, 11) is 0. The molecule has 0 aliphatic rings. The first kappa shape index (κ1) is 12.2. The van der Waals surface area contributed by atoms with Crippen molar-refractivity contribution in [2.75, 3.05) is 11.9 Å².